The fourth-order valence-corrected chi connectivity index (χ4v) is 6.15. The summed E-state index contributed by atoms with van der Waals surface area (Å²) >= 11 is 6.57. The van der Waals surface area contributed by atoms with Crippen LogP contribution >= 0.6 is 11.6 Å². The molecular formula is C39H25ClN4. The van der Waals surface area contributed by atoms with E-state index in [1.807, 2.05) is 42.5 Å². The van der Waals surface area contributed by atoms with E-state index >= 15 is 0 Å². The summed E-state index contributed by atoms with van der Waals surface area (Å²) in [7, 11) is 0. The smallest absolute Gasteiger partial charge is 0.226 e. The Kier molecular flexibility index (Phi) is 6.47. The highest BCUT2D eigenvalue weighted by atomic mass is 35.5. The van der Waals surface area contributed by atoms with Gasteiger partial charge in [0.05, 0.1) is 11.0 Å². The van der Waals surface area contributed by atoms with Crippen LogP contribution in [0.15, 0.2) is 152 Å². The highest BCUT2D eigenvalue weighted by Gasteiger charge is 2.17. The molecule has 5 heteroatoms. The van der Waals surface area contributed by atoms with Gasteiger partial charge in [-0.3, -0.25) is 0 Å². The number of halogens is 1. The lowest BCUT2D eigenvalue weighted by Gasteiger charge is -2.12. The van der Waals surface area contributed by atoms with Crippen molar-refractivity contribution in [2.45, 2.75) is 0 Å². The number of rotatable bonds is 5. The predicted octanol–water partition coefficient (Wildman–Crippen LogP) is 10.3. The molecule has 0 saturated heterocycles. The second-order valence-electron chi connectivity index (χ2n) is 10.7. The Bertz CT molecular complexity index is 2290. The van der Waals surface area contributed by atoms with Crippen molar-refractivity contribution in [3.8, 4) is 50.7 Å². The van der Waals surface area contributed by atoms with E-state index in [9.17, 15) is 0 Å². The molecule has 0 amide bonds. The first-order chi connectivity index (χ1) is 21.7. The maximum Gasteiger partial charge on any atom is 0.226 e. The van der Waals surface area contributed by atoms with Crippen molar-refractivity contribution in [2.24, 2.45) is 0 Å². The standard InChI is InChI=1S/C39H25ClN4/c40-39-42-37(41-38(43-39)34-20-8-7-18-31(34)27-14-5-2-6-15-27)29-22-23-33-32-19-9-10-21-35(32)44(36(33)25-29)30-17-11-16-28(24-30)26-12-3-1-4-13-26/h1-25H. The van der Waals surface area contributed by atoms with Crippen molar-refractivity contribution < 1.29 is 0 Å². The zero-order valence-electron chi connectivity index (χ0n) is 23.6. The Morgan fingerprint density at radius 2 is 1.05 bits per heavy atom. The van der Waals surface area contributed by atoms with Crippen LogP contribution < -0.4 is 0 Å². The third-order valence-electron chi connectivity index (χ3n) is 8.00. The third kappa shape index (κ3) is 4.62. The van der Waals surface area contributed by atoms with E-state index in [4.69, 9.17) is 16.6 Å². The second-order valence-corrected chi connectivity index (χ2v) is 11.0. The van der Waals surface area contributed by atoms with Gasteiger partial charge in [0.1, 0.15) is 0 Å². The molecule has 4 nitrogen and oxygen atoms in total. The lowest BCUT2D eigenvalue weighted by molar-refractivity contribution is 1.07. The van der Waals surface area contributed by atoms with Gasteiger partial charge in [-0.25, -0.2) is 4.98 Å². The number of hydrogen-bond acceptors (Lipinski definition) is 3. The largest absolute Gasteiger partial charge is 0.309 e. The average Bonchev–Trinajstić information content (AvgIpc) is 3.42. The first-order valence-electron chi connectivity index (χ1n) is 14.5. The Balaban J connectivity index is 1.30. The summed E-state index contributed by atoms with van der Waals surface area (Å²) in [6.07, 6.45) is 0. The van der Waals surface area contributed by atoms with Gasteiger partial charge in [-0.05, 0) is 58.1 Å². The highest BCUT2D eigenvalue weighted by molar-refractivity contribution is 6.28. The predicted molar refractivity (Wildman–Crippen MR) is 181 cm³/mol. The van der Waals surface area contributed by atoms with Crippen molar-refractivity contribution in [1.82, 2.24) is 19.5 Å². The van der Waals surface area contributed by atoms with Crippen LogP contribution in [0.4, 0.5) is 0 Å². The Morgan fingerprint density at radius 3 is 1.86 bits per heavy atom. The minimum atomic E-state index is 0.157. The van der Waals surface area contributed by atoms with Crippen LogP contribution in [0.5, 0.6) is 0 Å². The summed E-state index contributed by atoms with van der Waals surface area (Å²) in [6.45, 7) is 0. The number of benzene rings is 6. The quantitative estimate of drug-likeness (QED) is 0.202. The molecule has 2 heterocycles. The topological polar surface area (TPSA) is 43.6 Å². The molecule has 2 aromatic heterocycles. The summed E-state index contributed by atoms with van der Waals surface area (Å²) in [5, 5.41) is 2.50. The van der Waals surface area contributed by atoms with Crippen molar-refractivity contribution in [2.75, 3.05) is 0 Å². The average molecular weight is 585 g/mol. The van der Waals surface area contributed by atoms with Gasteiger partial charge < -0.3 is 4.57 Å². The van der Waals surface area contributed by atoms with Crippen LogP contribution in [0, 0.1) is 0 Å². The Morgan fingerprint density at radius 1 is 0.409 bits per heavy atom. The zero-order valence-corrected chi connectivity index (χ0v) is 24.4. The minimum Gasteiger partial charge on any atom is -0.309 e. The molecule has 0 N–H and O–H groups in total. The van der Waals surface area contributed by atoms with E-state index in [1.54, 1.807) is 0 Å². The van der Waals surface area contributed by atoms with Crippen LogP contribution in [0.25, 0.3) is 72.5 Å². The van der Waals surface area contributed by atoms with Gasteiger partial charge >= 0.3 is 0 Å². The molecule has 0 aliphatic carbocycles. The molecule has 0 atom stereocenters. The van der Waals surface area contributed by atoms with E-state index in [0.717, 1.165) is 49.9 Å². The van der Waals surface area contributed by atoms with Gasteiger partial charge in [0, 0.05) is 27.6 Å². The van der Waals surface area contributed by atoms with E-state index in [-0.39, 0.29) is 5.28 Å². The molecule has 0 aliphatic heterocycles. The van der Waals surface area contributed by atoms with Crippen molar-refractivity contribution >= 4 is 33.4 Å². The summed E-state index contributed by atoms with van der Waals surface area (Å²) in [6, 6.07) is 52.4. The van der Waals surface area contributed by atoms with E-state index in [0.29, 0.717) is 11.6 Å². The van der Waals surface area contributed by atoms with Crippen molar-refractivity contribution in [1.29, 1.82) is 0 Å². The molecule has 8 rings (SSSR count). The van der Waals surface area contributed by atoms with Gasteiger partial charge in [-0.15, -0.1) is 0 Å². The Hall–Kier alpha value is -5.58. The summed E-state index contributed by atoms with van der Waals surface area (Å²) < 4.78 is 2.31. The molecule has 0 unspecified atom stereocenters. The fourth-order valence-electron chi connectivity index (χ4n) is 5.99. The number of fused-ring (bicyclic) bond motifs is 3. The number of aromatic nitrogens is 4. The molecular weight excluding hydrogens is 560 g/mol. The molecule has 0 saturated carbocycles. The molecule has 44 heavy (non-hydrogen) atoms. The molecule has 0 aliphatic rings. The fraction of sp³-hybridized carbons (Fsp3) is 0. The van der Waals surface area contributed by atoms with E-state index in [2.05, 4.69) is 124 Å². The summed E-state index contributed by atoms with van der Waals surface area (Å²) in [5.74, 6) is 1.07. The lowest BCUT2D eigenvalue weighted by atomic mass is 9.99. The molecule has 0 radical (unpaired) electrons. The van der Waals surface area contributed by atoms with E-state index in [1.165, 1.54) is 10.9 Å². The number of para-hydroxylation sites is 1. The molecule has 6 aromatic carbocycles. The van der Waals surface area contributed by atoms with Gasteiger partial charge in [0.25, 0.3) is 0 Å². The van der Waals surface area contributed by atoms with Gasteiger partial charge in [0.15, 0.2) is 11.6 Å². The second kappa shape index (κ2) is 10.9. The van der Waals surface area contributed by atoms with Gasteiger partial charge in [0.2, 0.25) is 5.28 Å². The lowest BCUT2D eigenvalue weighted by Crippen LogP contribution is -1.99. The van der Waals surface area contributed by atoms with Crippen LogP contribution in [-0.4, -0.2) is 19.5 Å². The molecule has 0 fully saturated rings. The van der Waals surface area contributed by atoms with Crippen molar-refractivity contribution in [3.05, 3.63) is 157 Å². The molecule has 0 bridgehead atoms. The molecule has 0 spiro atoms. The van der Waals surface area contributed by atoms with Gasteiger partial charge in [-0.1, -0.05) is 127 Å². The molecule has 8 aromatic rings. The first kappa shape index (κ1) is 26.1. The van der Waals surface area contributed by atoms with Crippen LogP contribution in [-0.2, 0) is 0 Å². The highest BCUT2D eigenvalue weighted by Crippen LogP contribution is 2.36. The maximum atomic E-state index is 6.57. The molecule has 208 valence electrons. The van der Waals surface area contributed by atoms with Gasteiger partial charge in [-0.2, -0.15) is 9.97 Å². The monoisotopic (exact) mass is 584 g/mol. The van der Waals surface area contributed by atoms with E-state index < -0.39 is 0 Å². The first-order valence-corrected chi connectivity index (χ1v) is 14.9. The summed E-state index contributed by atoms with van der Waals surface area (Å²) in [5.41, 5.74) is 9.52. The summed E-state index contributed by atoms with van der Waals surface area (Å²) in [4.78, 5) is 14.1. The third-order valence-corrected chi connectivity index (χ3v) is 8.17. The minimum absolute atomic E-state index is 0.157. The zero-order chi connectivity index (χ0) is 29.5. The van der Waals surface area contributed by atoms with Crippen molar-refractivity contribution in [3.63, 3.8) is 0 Å². The van der Waals surface area contributed by atoms with Crippen LogP contribution in [0.3, 0.4) is 0 Å². The van der Waals surface area contributed by atoms with Crippen LogP contribution in [0.1, 0.15) is 0 Å². The Labute approximate surface area is 259 Å². The maximum absolute atomic E-state index is 6.57. The normalized spacial score (nSPS) is 11.3. The van der Waals surface area contributed by atoms with Crippen LogP contribution in [0.2, 0.25) is 5.28 Å². The number of nitrogens with zero attached hydrogens (tertiary/aromatic N) is 4. The SMILES string of the molecule is Clc1nc(-c2ccc3c4ccccc4n(-c4cccc(-c5ccccc5)c4)c3c2)nc(-c2ccccc2-c2ccccc2)n1. The number of hydrogen-bond donors (Lipinski definition) is 0.